The average Bonchev–Trinajstić information content (AvgIpc) is 3.69. The normalized spacial score (nSPS) is 12.4. The van der Waals surface area contributed by atoms with Gasteiger partial charge in [0, 0.05) is 50.1 Å². The molecule has 0 N–H and O–H groups in total. The monoisotopic (exact) mass is 624 g/mol. The van der Waals surface area contributed by atoms with E-state index in [1.54, 1.807) is 0 Å². The second-order valence-corrected chi connectivity index (χ2v) is 12.8. The molecule has 0 amide bonds. The van der Waals surface area contributed by atoms with Crippen LogP contribution in [0.25, 0.3) is 76.9 Å². The van der Waals surface area contributed by atoms with Crippen molar-refractivity contribution in [1.82, 2.24) is 14.1 Å². The fraction of sp³-hybridized carbons (Fsp3) is 0. The Labute approximate surface area is 282 Å². The molecule has 228 valence electrons. The Kier molecular flexibility index (Phi) is 5.35. The minimum Gasteiger partial charge on any atom is -0.309 e. The number of fused-ring (bicyclic) bond motifs is 9. The molecule has 0 unspecified atom stereocenters. The van der Waals surface area contributed by atoms with E-state index in [-0.39, 0.29) is 0 Å². The molecule has 0 bridgehead atoms. The second kappa shape index (κ2) is 9.93. The largest absolute Gasteiger partial charge is 0.309 e. The van der Waals surface area contributed by atoms with Crippen molar-refractivity contribution in [2.24, 2.45) is 0 Å². The summed E-state index contributed by atoms with van der Waals surface area (Å²) in [5, 5.41) is 7.50. The Morgan fingerprint density at radius 1 is 0.388 bits per heavy atom. The van der Waals surface area contributed by atoms with Crippen LogP contribution in [0.15, 0.2) is 170 Å². The molecule has 0 fully saturated rings. The predicted molar refractivity (Wildman–Crippen MR) is 204 cm³/mol. The molecule has 0 aliphatic carbocycles. The molecule has 4 heteroatoms. The van der Waals surface area contributed by atoms with E-state index in [0.717, 1.165) is 17.1 Å². The summed E-state index contributed by atoms with van der Waals surface area (Å²) in [5.41, 5.74) is 12.9. The lowest BCUT2D eigenvalue weighted by molar-refractivity contribution is 1.14. The Hall–Kier alpha value is -6.65. The molecule has 4 nitrogen and oxygen atoms in total. The number of hydrogen-bond acceptors (Lipinski definition) is 2. The minimum absolute atomic E-state index is 1.05. The molecular formula is C45H28N4. The first kappa shape index (κ1) is 26.4. The zero-order valence-electron chi connectivity index (χ0n) is 26.5. The van der Waals surface area contributed by atoms with E-state index in [4.69, 9.17) is 0 Å². The van der Waals surface area contributed by atoms with Gasteiger partial charge in [-0.3, -0.25) is 4.98 Å². The molecule has 11 rings (SSSR count). The number of benzene rings is 7. The summed E-state index contributed by atoms with van der Waals surface area (Å²) in [6, 6.07) is 57.3. The topological polar surface area (TPSA) is 26.0 Å². The van der Waals surface area contributed by atoms with Gasteiger partial charge in [0.1, 0.15) is 0 Å². The van der Waals surface area contributed by atoms with Gasteiger partial charge in [-0.15, -0.1) is 0 Å². The van der Waals surface area contributed by atoms with E-state index in [9.17, 15) is 0 Å². The van der Waals surface area contributed by atoms with Crippen molar-refractivity contribution in [3.63, 3.8) is 0 Å². The van der Waals surface area contributed by atoms with E-state index in [2.05, 4.69) is 171 Å². The molecule has 1 aliphatic rings. The van der Waals surface area contributed by atoms with Crippen LogP contribution >= 0.6 is 0 Å². The van der Waals surface area contributed by atoms with Crippen LogP contribution < -0.4 is 4.90 Å². The van der Waals surface area contributed by atoms with Crippen LogP contribution in [0.1, 0.15) is 0 Å². The highest BCUT2D eigenvalue weighted by atomic mass is 15.2. The summed E-state index contributed by atoms with van der Waals surface area (Å²) in [7, 11) is 0. The first-order valence-electron chi connectivity index (χ1n) is 16.7. The fourth-order valence-corrected chi connectivity index (χ4v) is 8.33. The maximum absolute atomic E-state index is 4.57. The molecule has 49 heavy (non-hydrogen) atoms. The van der Waals surface area contributed by atoms with Crippen LogP contribution in [0.4, 0.5) is 17.1 Å². The minimum atomic E-state index is 1.05. The molecule has 3 aromatic heterocycles. The first-order valence-corrected chi connectivity index (χ1v) is 16.7. The standard InChI is InChI=1S/C45H28N4/c1-4-17-38-33(13-1)34-14-2-5-18-39(34)47(38)30-21-23-31(24-22-30)48-40-19-6-3-15-37(40)44-42(48)26-25-36-35-16-7-10-29-11-8-20-41(43(29)35)49(45(36)44)32-12-9-27-46-28-32/h1-28H. The lowest BCUT2D eigenvalue weighted by Crippen LogP contribution is -2.15. The van der Waals surface area contributed by atoms with Gasteiger partial charge >= 0.3 is 0 Å². The van der Waals surface area contributed by atoms with E-state index in [1.807, 2.05) is 18.5 Å². The van der Waals surface area contributed by atoms with Gasteiger partial charge in [-0.25, -0.2) is 0 Å². The lowest BCUT2D eigenvalue weighted by Gasteiger charge is -2.34. The zero-order valence-corrected chi connectivity index (χ0v) is 26.5. The molecule has 0 saturated carbocycles. The van der Waals surface area contributed by atoms with Crippen LogP contribution in [0.2, 0.25) is 0 Å². The van der Waals surface area contributed by atoms with Crippen molar-refractivity contribution in [3.8, 4) is 22.5 Å². The highest BCUT2D eigenvalue weighted by molar-refractivity contribution is 6.24. The molecule has 0 atom stereocenters. The summed E-state index contributed by atoms with van der Waals surface area (Å²) in [5.74, 6) is 0. The Bertz CT molecular complexity index is 2870. The number of pyridine rings is 1. The third kappa shape index (κ3) is 3.60. The Morgan fingerprint density at radius 3 is 1.67 bits per heavy atom. The van der Waals surface area contributed by atoms with Crippen LogP contribution in [0.5, 0.6) is 0 Å². The fourth-order valence-electron chi connectivity index (χ4n) is 8.33. The zero-order chi connectivity index (χ0) is 32.1. The number of hydrogen-bond donors (Lipinski definition) is 0. The highest BCUT2D eigenvalue weighted by Crippen LogP contribution is 2.54. The molecule has 0 saturated heterocycles. The van der Waals surface area contributed by atoms with Crippen molar-refractivity contribution < 1.29 is 0 Å². The van der Waals surface area contributed by atoms with Gasteiger partial charge in [0.2, 0.25) is 0 Å². The summed E-state index contributed by atoms with van der Waals surface area (Å²) in [6.07, 6.45) is 3.82. The first-order chi connectivity index (χ1) is 24.3. The summed E-state index contributed by atoms with van der Waals surface area (Å²) >= 11 is 0. The second-order valence-electron chi connectivity index (χ2n) is 12.8. The number of aromatic nitrogens is 3. The molecule has 1 aliphatic heterocycles. The van der Waals surface area contributed by atoms with Crippen molar-refractivity contribution in [2.75, 3.05) is 4.90 Å². The molecule has 0 spiro atoms. The van der Waals surface area contributed by atoms with Gasteiger partial charge < -0.3 is 14.0 Å². The predicted octanol–water partition coefficient (Wildman–Crippen LogP) is 11.9. The van der Waals surface area contributed by atoms with E-state index >= 15 is 0 Å². The summed E-state index contributed by atoms with van der Waals surface area (Å²) < 4.78 is 4.80. The van der Waals surface area contributed by atoms with Crippen molar-refractivity contribution in [3.05, 3.63) is 170 Å². The molecule has 7 aromatic carbocycles. The van der Waals surface area contributed by atoms with Gasteiger partial charge in [0.25, 0.3) is 0 Å². The van der Waals surface area contributed by atoms with Gasteiger partial charge in [-0.1, -0.05) is 91.0 Å². The lowest BCUT2D eigenvalue weighted by atomic mass is 9.89. The van der Waals surface area contributed by atoms with Gasteiger partial charge in [0.05, 0.1) is 45.3 Å². The maximum Gasteiger partial charge on any atom is 0.0645 e. The molecule has 0 radical (unpaired) electrons. The number of anilines is 3. The molecule has 4 heterocycles. The Balaban J connectivity index is 1.18. The van der Waals surface area contributed by atoms with Gasteiger partial charge in [-0.2, -0.15) is 0 Å². The van der Waals surface area contributed by atoms with Gasteiger partial charge in [0.15, 0.2) is 0 Å². The smallest absolute Gasteiger partial charge is 0.0645 e. The van der Waals surface area contributed by atoms with Crippen molar-refractivity contribution in [2.45, 2.75) is 0 Å². The van der Waals surface area contributed by atoms with E-state index < -0.39 is 0 Å². The number of nitrogens with zero attached hydrogens (tertiary/aromatic N) is 4. The van der Waals surface area contributed by atoms with Crippen molar-refractivity contribution >= 4 is 71.4 Å². The van der Waals surface area contributed by atoms with Crippen molar-refractivity contribution in [1.29, 1.82) is 0 Å². The van der Waals surface area contributed by atoms with E-state index in [1.165, 1.54) is 76.9 Å². The third-order valence-corrected chi connectivity index (χ3v) is 10.3. The third-order valence-electron chi connectivity index (χ3n) is 10.3. The quantitative estimate of drug-likeness (QED) is 0.195. The SMILES string of the molecule is c1cncc(N2c3cccc4cccc(c34)-c3ccc4c(c32)c2ccccc2n4-c2ccc(-n3c4ccccc4c4ccccc43)cc2)c1. The molecular weight excluding hydrogens is 597 g/mol. The van der Waals surface area contributed by atoms with E-state index in [0.29, 0.717) is 0 Å². The van der Waals surface area contributed by atoms with Crippen LogP contribution in [-0.4, -0.2) is 14.1 Å². The van der Waals surface area contributed by atoms with Crippen LogP contribution in [0.3, 0.4) is 0 Å². The number of para-hydroxylation sites is 3. The molecule has 10 aromatic rings. The maximum atomic E-state index is 4.57. The summed E-state index contributed by atoms with van der Waals surface area (Å²) in [6.45, 7) is 0. The average molecular weight is 625 g/mol. The van der Waals surface area contributed by atoms with Gasteiger partial charge in [-0.05, 0) is 77.7 Å². The summed E-state index contributed by atoms with van der Waals surface area (Å²) in [4.78, 5) is 6.98. The van der Waals surface area contributed by atoms with Crippen LogP contribution in [0, 0.1) is 0 Å². The highest BCUT2D eigenvalue weighted by Gasteiger charge is 2.30. The number of rotatable bonds is 3. The Morgan fingerprint density at radius 2 is 1.00 bits per heavy atom. The van der Waals surface area contributed by atoms with Crippen LogP contribution in [-0.2, 0) is 0 Å².